The van der Waals surface area contributed by atoms with Crippen LogP contribution in [0.1, 0.15) is 5.56 Å². The minimum atomic E-state index is 0.618. The maximum atomic E-state index is 6.00. The number of rotatable bonds is 8. The summed E-state index contributed by atoms with van der Waals surface area (Å²) in [5.41, 5.74) is 8.45. The van der Waals surface area contributed by atoms with Crippen molar-refractivity contribution < 1.29 is 9.47 Å². The smallest absolute Gasteiger partial charge is 0.161 e. The Morgan fingerprint density at radius 3 is 2.54 bits per heavy atom. The molecule has 39 heavy (non-hydrogen) atoms. The topological polar surface area (TPSA) is 105 Å². The fraction of sp³-hybridized carbons (Fsp3) is 0.200. The Bertz CT molecular complexity index is 1790. The summed E-state index contributed by atoms with van der Waals surface area (Å²) < 4.78 is 11.4. The maximum Gasteiger partial charge on any atom is 0.161 e. The van der Waals surface area contributed by atoms with Crippen molar-refractivity contribution in [3.8, 4) is 45.5 Å². The van der Waals surface area contributed by atoms with Crippen LogP contribution in [0, 0.1) is 6.92 Å². The average Bonchev–Trinajstić information content (AvgIpc) is 3.56. The lowest BCUT2D eigenvalue weighted by molar-refractivity contribution is 0.261. The highest BCUT2D eigenvalue weighted by Crippen LogP contribution is 2.32. The van der Waals surface area contributed by atoms with Crippen molar-refractivity contribution in [3.05, 3.63) is 72.4 Å². The van der Waals surface area contributed by atoms with E-state index >= 15 is 0 Å². The second-order valence-electron chi connectivity index (χ2n) is 9.72. The summed E-state index contributed by atoms with van der Waals surface area (Å²) >= 11 is 0. The average molecular weight is 520 g/mol. The first kappa shape index (κ1) is 24.6. The van der Waals surface area contributed by atoms with Crippen molar-refractivity contribution in [1.29, 1.82) is 0 Å². The lowest BCUT2D eigenvalue weighted by Crippen LogP contribution is -2.19. The molecule has 0 atom stereocenters. The van der Waals surface area contributed by atoms with Gasteiger partial charge in [0.05, 0.1) is 29.5 Å². The number of nitrogens with one attached hydrogen (secondary N) is 2. The summed E-state index contributed by atoms with van der Waals surface area (Å²) in [6, 6.07) is 19.9. The number of benzene rings is 2. The first-order valence-corrected chi connectivity index (χ1v) is 12.7. The molecule has 0 amide bonds. The highest BCUT2D eigenvalue weighted by molar-refractivity contribution is 5.95. The van der Waals surface area contributed by atoms with Crippen molar-refractivity contribution >= 4 is 22.1 Å². The molecule has 6 rings (SSSR count). The van der Waals surface area contributed by atoms with E-state index in [9.17, 15) is 0 Å². The summed E-state index contributed by atoms with van der Waals surface area (Å²) in [7, 11) is 5.72. The monoisotopic (exact) mass is 519 g/mol. The zero-order valence-electron chi connectivity index (χ0n) is 22.3. The summed E-state index contributed by atoms with van der Waals surface area (Å²) in [5, 5.41) is 7.66. The summed E-state index contributed by atoms with van der Waals surface area (Å²) in [5.74, 6) is 2.21. The highest BCUT2D eigenvalue weighted by atomic mass is 16.5. The minimum absolute atomic E-state index is 0.618. The number of aromatic nitrogens is 6. The number of H-pyrrole nitrogens is 2. The molecule has 0 aliphatic rings. The van der Waals surface area contributed by atoms with Gasteiger partial charge in [-0.3, -0.25) is 10.1 Å². The van der Waals surface area contributed by atoms with Gasteiger partial charge in [-0.2, -0.15) is 5.10 Å². The maximum absolute atomic E-state index is 6.00. The summed E-state index contributed by atoms with van der Waals surface area (Å²) in [6.45, 7) is 3.53. The van der Waals surface area contributed by atoms with Crippen molar-refractivity contribution in [2.45, 2.75) is 6.92 Å². The third kappa shape index (κ3) is 4.92. The molecule has 2 aromatic carbocycles. The van der Waals surface area contributed by atoms with E-state index < -0.39 is 0 Å². The number of hydrogen-bond acceptors (Lipinski definition) is 7. The van der Waals surface area contributed by atoms with Crippen molar-refractivity contribution in [2.24, 2.45) is 0 Å². The molecule has 0 radical (unpaired) electrons. The SMILES string of the molecule is COc1cccc(-c2nccc3[nH]c(-c4n[nH]c5ccc(-c6cc(C)cc(OCCN(C)C)c6)nc45)nc23)c1. The Hall–Kier alpha value is -4.76. The van der Waals surface area contributed by atoms with Crippen LogP contribution in [-0.2, 0) is 0 Å². The van der Waals surface area contributed by atoms with Crippen LogP contribution in [0.5, 0.6) is 11.5 Å². The second kappa shape index (κ2) is 10.2. The highest BCUT2D eigenvalue weighted by Gasteiger charge is 2.18. The molecule has 9 heteroatoms. The van der Waals surface area contributed by atoms with Crippen molar-refractivity contribution in [3.63, 3.8) is 0 Å². The molecule has 2 N–H and O–H groups in total. The summed E-state index contributed by atoms with van der Waals surface area (Å²) in [4.78, 5) is 20.0. The molecule has 4 heterocycles. The van der Waals surface area contributed by atoms with Crippen LogP contribution in [0.2, 0.25) is 0 Å². The zero-order chi connectivity index (χ0) is 26.9. The van der Waals surface area contributed by atoms with Crippen LogP contribution in [0.15, 0.2) is 66.9 Å². The predicted molar refractivity (Wildman–Crippen MR) is 153 cm³/mol. The van der Waals surface area contributed by atoms with Gasteiger partial charge >= 0.3 is 0 Å². The van der Waals surface area contributed by atoms with Gasteiger partial charge in [-0.1, -0.05) is 12.1 Å². The number of aryl methyl sites for hydroxylation is 1. The quantitative estimate of drug-likeness (QED) is 0.274. The zero-order valence-corrected chi connectivity index (χ0v) is 22.3. The molecule has 196 valence electrons. The molecule has 6 aromatic rings. The standard InChI is InChI=1S/C30H29N7O2/c1-18-14-20(17-22(15-18)39-13-12-37(2)3)23-8-9-25-28(32-23)29(36-35-25)30-33-24-10-11-31-26(27(24)34-30)19-6-5-7-21(16-19)38-4/h5-11,14-17H,12-13H2,1-4H3,(H,33,34)(H,35,36). The van der Waals surface area contributed by atoms with Gasteiger partial charge in [-0.25, -0.2) is 9.97 Å². The van der Waals surface area contributed by atoms with Gasteiger partial charge in [0.25, 0.3) is 0 Å². The van der Waals surface area contributed by atoms with Crippen molar-refractivity contribution in [1.82, 2.24) is 35.0 Å². The number of aromatic amines is 2. The molecule has 0 unspecified atom stereocenters. The number of imidazole rings is 1. The second-order valence-corrected chi connectivity index (χ2v) is 9.72. The fourth-order valence-corrected chi connectivity index (χ4v) is 4.58. The van der Waals surface area contributed by atoms with E-state index in [4.69, 9.17) is 19.4 Å². The normalized spacial score (nSPS) is 11.5. The Morgan fingerprint density at radius 2 is 1.69 bits per heavy atom. The first-order chi connectivity index (χ1) is 19.0. The van der Waals surface area contributed by atoms with Crippen molar-refractivity contribution in [2.75, 3.05) is 34.4 Å². The van der Waals surface area contributed by atoms with Crippen LogP contribution < -0.4 is 9.47 Å². The van der Waals surface area contributed by atoms with Crippen LogP contribution >= 0.6 is 0 Å². The predicted octanol–water partition coefficient (Wildman–Crippen LogP) is 5.49. The van der Waals surface area contributed by atoms with Gasteiger partial charge < -0.3 is 19.4 Å². The molecule has 0 aliphatic carbocycles. The first-order valence-electron chi connectivity index (χ1n) is 12.7. The van der Waals surface area contributed by atoms with Gasteiger partial charge in [0.15, 0.2) is 11.5 Å². The van der Waals surface area contributed by atoms with Crippen LogP contribution in [-0.4, -0.2) is 69.4 Å². The van der Waals surface area contributed by atoms with Gasteiger partial charge in [-0.05, 0) is 75.1 Å². The molecule has 0 bridgehead atoms. The van der Waals surface area contributed by atoms with Gasteiger partial charge in [0.2, 0.25) is 0 Å². The number of hydrogen-bond donors (Lipinski definition) is 2. The molecule has 0 aliphatic heterocycles. The van der Waals surface area contributed by atoms with E-state index in [1.807, 2.05) is 68.7 Å². The number of methoxy groups -OCH3 is 1. The molecule has 4 aromatic heterocycles. The molecular weight excluding hydrogens is 490 g/mol. The third-order valence-corrected chi connectivity index (χ3v) is 6.53. The van der Waals surface area contributed by atoms with Gasteiger partial charge in [-0.15, -0.1) is 0 Å². The molecule has 0 saturated carbocycles. The number of ether oxygens (including phenoxy) is 2. The van der Waals surface area contributed by atoms with E-state index in [0.717, 1.165) is 68.2 Å². The largest absolute Gasteiger partial charge is 0.497 e. The van der Waals surface area contributed by atoms with Gasteiger partial charge in [0.1, 0.15) is 29.1 Å². The molecule has 0 saturated heterocycles. The Kier molecular flexibility index (Phi) is 6.42. The van der Waals surface area contributed by atoms with E-state index in [1.165, 1.54) is 0 Å². The fourth-order valence-electron chi connectivity index (χ4n) is 4.58. The molecule has 9 nitrogen and oxygen atoms in total. The van der Waals surface area contributed by atoms with Crippen LogP contribution in [0.4, 0.5) is 0 Å². The molecular formula is C30H29N7O2. The third-order valence-electron chi connectivity index (χ3n) is 6.53. The molecule has 0 fully saturated rings. The van der Waals surface area contributed by atoms with E-state index in [-0.39, 0.29) is 0 Å². The Morgan fingerprint density at radius 1 is 0.846 bits per heavy atom. The number of likely N-dealkylation sites (N-methyl/N-ethyl adjacent to an activating group) is 1. The Balaban J connectivity index is 1.39. The number of fused-ring (bicyclic) bond motifs is 2. The van der Waals surface area contributed by atoms with E-state index in [1.54, 1.807) is 13.3 Å². The minimum Gasteiger partial charge on any atom is -0.497 e. The molecule has 0 spiro atoms. The Labute approximate surface area is 225 Å². The number of nitrogens with zero attached hydrogens (tertiary/aromatic N) is 5. The summed E-state index contributed by atoms with van der Waals surface area (Å²) in [6.07, 6.45) is 1.77. The number of pyridine rings is 2. The van der Waals surface area contributed by atoms with Gasteiger partial charge in [0, 0.05) is 23.9 Å². The lowest BCUT2D eigenvalue weighted by atomic mass is 10.1. The van der Waals surface area contributed by atoms with E-state index in [0.29, 0.717) is 18.1 Å². The van der Waals surface area contributed by atoms with E-state index in [2.05, 4.69) is 38.1 Å². The van der Waals surface area contributed by atoms with Crippen LogP contribution in [0.3, 0.4) is 0 Å². The lowest BCUT2D eigenvalue weighted by Gasteiger charge is -2.12. The van der Waals surface area contributed by atoms with Crippen LogP contribution in [0.25, 0.3) is 56.1 Å².